The molecule has 0 spiro atoms. The molecule has 0 bridgehead atoms. The molecule has 0 saturated carbocycles. The number of rotatable bonds is 5. The zero-order valence-corrected chi connectivity index (χ0v) is 13.5. The van der Waals surface area contributed by atoms with Crippen molar-refractivity contribution in [2.45, 2.75) is 45.7 Å². The van der Waals surface area contributed by atoms with E-state index in [1.54, 1.807) is 0 Å². The summed E-state index contributed by atoms with van der Waals surface area (Å²) in [5.74, 6) is 0.739. The van der Waals surface area contributed by atoms with Crippen LogP contribution in [0.4, 0.5) is 0 Å². The van der Waals surface area contributed by atoms with Crippen LogP contribution in [0, 0.1) is 17.2 Å². The third-order valence-electron chi connectivity index (χ3n) is 4.53. The van der Waals surface area contributed by atoms with Gasteiger partial charge in [0.2, 0.25) is 0 Å². The van der Waals surface area contributed by atoms with Crippen LogP contribution in [0.3, 0.4) is 0 Å². The molecule has 2 rings (SSSR count). The molecule has 21 heavy (non-hydrogen) atoms. The lowest BCUT2D eigenvalue weighted by molar-refractivity contribution is 0.127. The Kier molecular flexibility index (Phi) is 5.78. The Bertz CT molecular complexity index is 483. The van der Waals surface area contributed by atoms with E-state index in [1.807, 2.05) is 18.2 Å². The van der Waals surface area contributed by atoms with Crippen LogP contribution in [0.15, 0.2) is 24.3 Å². The average molecular weight is 285 g/mol. The number of nitrogens with one attached hydrogen (secondary N) is 1. The van der Waals surface area contributed by atoms with E-state index in [9.17, 15) is 0 Å². The maximum absolute atomic E-state index is 9.08. The monoisotopic (exact) mass is 285 g/mol. The molecule has 1 fully saturated rings. The minimum Gasteiger partial charge on any atom is -0.316 e. The van der Waals surface area contributed by atoms with Crippen molar-refractivity contribution >= 4 is 0 Å². The summed E-state index contributed by atoms with van der Waals surface area (Å²) in [5, 5.41) is 12.6. The Morgan fingerprint density at radius 1 is 1.38 bits per heavy atom. The van der Waals surface area contributed by atoms with Crippen molar-refractivity contribution in [3.05, 3.63) is 35.4 Å². The summed E-state index contributed by atoms with van der Waals surface area (Å²) in [5.41, 5.74) is 1.99. The van der Waals surface area contributed by atoms with Gasteiger partial charge in [-0.15, -0.1) is 0 Å². The van der Waals surface area contributed by atoms with Crippen LogP contribution in [0.1, 0.15) is 50.8 Å². The maximum atomic E-state index is 9.08. The first-order valence-electron chi connectivity index (χ1n) is 8.08. The second kappa shape index (κ2) is 7.59. The van der Waals surface area contributed by atoms with Gasteiger partial charge in [0.1, 0.15) is 0 Å². The van der Waals surface area contributed by atoms with Gasteiger partial charge in [0.15, 0.2) is 0 Å². The van der Waals surface area contributed by atoms with E-state index in [1.165, 1.54) is 18.4 Å². The van der Waals surface area contributed by atoms with Gasteiger partial charge in [-0.05, 0) is 70.3 Å². The van der Waals surface area contributed by atoms with E-state index < -0.39 is 0 Å². The summed E-state index contributed by atoms with van der Waals surface area (Å²) in [7, 11) is 0. The summed E-state index contributed by atoms with van der Waals surface area (Å²) in [6.45, 7) is 10.2. The van der Waals surface area contributed by atoms with E-state index in [0.717, 1.165) is 31.1 Å². The lowest BCUT2D eigenvalue weighted by Gasteiger charge is -2.37. The van der Waals surface area contributed by atoms with Crippen LogP contribution < -0.4 is 5.32 Å². The van der Waals surface area contributed by atoms with Crippen LogP contribution in [-0.4, -0.2) is 30.6 Å². The molecule has 0 radical (unpaired) electrons. The molecule has 1 heterocycles. The minimum atomic E-state index is 0.347. The van der Waals surface area contributed by atoms with Gasteiger partial charge in [-0.1, -0.05) is 12.1 Å². The lowest BCUT2D eigenvalue weighted by Crippen LogP contribution is -2.42. The SMILES string of the molecule is CC(C)N(CC1CCCNC1)C(C)c1cccc(C#N)c1. The molecule has 0 aliphatic carbocycles. The van der Waals surface area contributed by atoms with E-state index in [4.69, 9.17) is 5.26 Å². The molecule has 1 aromatic carbocycles. The van der Waals surface area contributed by atoms with Crippen molar-refractivity contribution < 1.29 is 0 Å². The van der Waals surface area contributed by atoms with Crippen molar-refractivity contribution in [1.29, 1.82) is 5.26 Å². The van der Waals surface area contributed by atoms with Crippen LogP contribution in [0.25, 0.3) is 0 Å². The highest BCUT2D eigenvalue weighted by Gasteiger charge is 2.23. The zero-order chi connectivity index (χ0) is 15.2. The zero-order valence-electron chi connectivity index (χ0n) is 13.5. The topological polar surface area (TPSA) is 39.1 Å². The smallest absolute Gasteiger partial charge is 0.0991 e. The summed E-state index contributed by atoms with van der Waals surface area (Å²) in [6.07, 6.45) is 2.61. The Labute approximate surface area is 129 Å². The molecule has 2 unspecified atom stereocenters. The molecule has 3 heteroatoms. The number of nitrogens with zero attached hydrogens (tertiary/aromatic N) is 2. The fraction of sp³-hybridized carbons (Fsp3) is 0.611. The summed E-state index contributed by atoms with van der Waals surface area (Å²) in [6, 6.07) is 11.1. The highest BCUT2D eigenvalue weighted by molar-refractivity contribution is 5.34. The van der Waals surface area contributed by atoms with Crippen LogP contribution in [0.2, 0.25) is 0 Å². The van der Waals surface area contributed by atoms with Crippen LogP contribution in [0.5, 0.6) is 0 Å². The fourth-order valence-electron chi connectivity index (χ4n) is 3.25. The molecule has 2 atom stereocenters. The summed E-state index contributed by atoms with van der Waals surface area (Å²) in [4.78, 5) is 2.56. The second-order valence-corrected chi connectivity index (χ2v) is 6.42. The number of hydrogen-bond donors (Lipinski definition) is 1. The molecule has 3 nitrogen and oxygen atoms in total. The normalized spacial score (nSPS) is 20.5. The lowest BCUT2D eigenvalue weighted by atomic mass is 9.96. The molecule has 0 aromatic heterocycles. The number of hydrogen-bond acceptors (Lipinski definition) is 3. The average Bonchev–Trinajstić information content (AvgIpc) is 2.52. The highest BCUT2D eigenvalue weighted by atomic mass is 15.2. The maximum Gasteiger partial charge on any atom is 0.0991 e. The standard InChI is InChI=1S/C18H27N3/c1-14(2)21(13-17-7-5-9-20-12-17)15(3)18-8-4-6-16(10-18)11-19/h4,6,8,10,14-15,17,20H,5,7,9,12-13H2,1-3H3. The molecule has 1 aliphatic rings. The van der Waals surface area contributed by atoms with E-state index in [0.29, 0.717) is 12.1 Å². The predicted molar refractivity (Wildman–Crippen MR) is 87.0 cm³/mol. The van der Waals surface area contributed by atoms with Gasteiger partial charge in [-0.3, -0.25) is 4.90 Å². The summed E-state index contributed by atoms with van der Waals surface area (Å²) < 4.78 is 0. The fourth-order valence-corrected chi connectivity index (χ4v) is 3.25. The van der Waals surface area contributed by atoms with Crippen molar-refractivity contribution in [2.24, 2.45) is 5.92 Å². The van der Waals surface area contributed by atoms with Crippen molar-refractivity contribution in [1.82, 2.24) is 10.2 Å². The molecule has 1 N–H and O–H groups in total. The predicted octanol–water partition coefficient (Wildman–Crippen LogP) is 3.33. The van der Waals surface area contributed by atoms with E-state index in [2.05, 4.69) is 43.1 Å². The van der Waals surface area contributed by atoms with E-state index in [-0.39, 0.29) is 0 Å². The Hall–Kier alpha value is -1.37. The molecule has 1 aromatic rings. The Morgan fingerprint density at radius 3 is 2.81 bits per heavy atom. The number of piperidine rings is 1. The van der Waals surface area contributed by atoms with Gasteiger partial charge in [0, 0.05) is 18.6 Å². The molecule has 1 aliphatic heterocycles. The van der Waals surface area contributed by atoms with Gasteiger partial charge >= 0.3 is 0 Å². The van der Waals surface area contributed by atoms with E-state index >= 15 is 0 Å². The van der Waals surface area contributed by atoms with Crippen molar-refractivity contribution in [3.63, 3.8) is 0 Å². The first kappa shape index (κ1) is 16.0. The Morgan fingerprint density at radius 2 is 2.19 bits per heavy atom. The Balaban J connectivity index is 2.10. The van der Waals surface area contributed by atoms with Gasteiger partial charge in [0.25, 0.3) is 0 Å². The van der Waals surface area contributed by atoms with Gasteiger partial charge < -0.3 is 5.32 Å². The largest absolute Gasteiger partial charge is 0.316 e. The molecular formula is C18H27N3. The van der Waals surface area contributed by atoms with Crippen LogP contribution in [-0.2, 0) is 0 Å². The minimum absolute atomic E-state index is 0.347. The second-order valence-electron chi connectivity index (χ2n) is 6.42. The number of nitriles is 1. The third kappa shape index (κ3) is 4.30. The van der Waals surface area contributed by atoms with Gasteiger partial charge in [-0.2, -0.15) is 5.26 Å². The van der Waals surface area contributed by atoms with Crippen molar-refractivity contribution in [2.75, 3.05) is 19.6 Å². The van der Waals surface area contributed by atoms with Crippen LogP contribution >= 0.6 is 0 Å². The molecule has 114 valence electrons. The number of benzene rings is 1. The van der Waals surface area contributed by atoms with Gasteiger partial charge in [-0.25, -0.2) is 0 Å². The molecule has 1 saturated heterocycles. The van der Waals surface area contributed by atoms with Crippen molar-refractivity contribution in [3.8, 4) is 6.07 Å². The summed E-state index contributed by atoms with van der Waals surface area (Å²) >= 11 is 0. The molecule has 0 amide bonds. The van der Waals surface area contributed by atoms with Gasteiger partial charge in [0.05, 0.1) is 11.6 Å². The third-order valence-corrected chi connectivity index (χ3v) is 4.53. The quantitative estimate of drug-likeness (QED) is 0.902. The first-order chi connectivity index (χ1) is 10.1. The molecular weight excluding hydrogens is 258 g/mol. The highest BCUT2D eigenvalue weighted by Crippen LogP contribution is 2.25. The first-order valence-corrected chi connectivity index (χ1v) is 8.08.